The quantitative estimate of drug-likeness (QED) is 0.0892. The third kappa shape index (κ3) is 10.5. The standard InChI is InChI=1S/2C28H24N6O/c2*1-33-18-24(16-31-33)23-11-12-26-25(17-32-34(26)19-23)28(35)27(22-5-3-2-4-6-22)30-14-13-20-7-9-21(15-29)10-8-20/h2*2-12,16-19,27,30H,13-14H2,1H3/t2*27-/m10/s1. The summed E-state index contributed by atoms with van der Waals surface area (Å²) in [5.74, 6) is -0.0553. The van der Waals surface area contributed by atoms with E-state index in [1.807, 2.05) is 172 Å². The van der Waals surface area contributed by atoms with Gasteiger partial charge in [0.25, 0.3) is 0 Å². The highest BCUT2D eigenvalue weighted by Gasteiger charge is 2.26. The van der Waals surface area contributed by atoms with E-state index in [0.29, 0.717) is 35.3 Å². The molecule has 0 aliphatic carbocycles. The Labute approximate surface area is 404 Å². The molecule has 4 aromatic carbocycles. The van der Waals surface area contributed by atoms with Crippen LogP contribution in [0.5, 0.6) is 0 Å². The van der Waals surface area contributed by atoms with Crippen molar-refractivity contribution in [3.63, 3.8) is 0 Å². The summed E-state index contributed by atoms with van der Waals surface area (Å²) >= 11 is 0. The minimum absolute atomic E-state index is 0.0276. The summed E-state index contributed by atoms with van der Waals surface area (Å²) < 4.78 is 7.00. The van der Waals surface area contributed by atoms with Crippen molar-refractivity contribution in [2.45, 2.75) is 24.9 Å². The molecule has 0 amide bonds. The van der Waals surface area contributed by atoms with Gasteiger partial charge in [0.2, 0.25) is 0 Å². The fraction of sp³-hybridized carbons (Fsp3) is 0.143. The number of fused-ring (bicyclic) bond motifs is 2. The SMILES string of the molecule is Cn1cc(-c2ccc3c(C(=O)[C@@H](NCCc4ccc(C#N)cc4)c4ccccc4)cnn3c2)cn1.Cn1cc(-c2ccc3c(C(=O)[C@H](NCCc4ccc(C#N)cc4)c4ccccc4)cnn3c2)cn1. The van der Waals surface area contributed by atoms with Crippen LogP contribution in [0.3, 0.4) is 0 Å². The molecular formula is C56H48N12O2. The predicted octanol–water partition coefficient (Wildman–Crippen LogP) is 8.73. The number of rotatable bonds is 16. The Morgan fingerprint density at radius 3 is 1.24 bits per heavy atom. The Balaban J connectivity index is 0.000000174. The third-order valence-electron chi connectivity index (χ3n) is 12.1. The van der Waals surface area contributed by atoms with Gasteiger partial charge >= 0.3 is 0 Å². The third-order valence-corrected chi connectivity index (χ3v) is 12.1. The van der Waals surface area contributed by atoms with Crippen LogP contribution in [0.15, 0.2) is 183 Å². The number of carbonyl (C=O) groups excluding carboxylic acids is 2. The molecule has 6 heterocycles. The Kier molecular flexibility index (Phi) is 14.0. The van der Waals surface area contributed by atoms with E-state index in [1.54, 1.807) is 43.2 Å². The summed E-state index contributed by atoms with van der Waals surface area (Å²) in [5, 5.41) is 42.3. The van der Waals surface area contributed by atoms with Gasteiger partial charge in [-0.2, -0.15) is 30.9 Å². The first-order valence-electron chi connectivity index (χ1n) is 22.8. The van der Waals surface area contributed by atoms with Crippen LogP contribution in [0.25, 0.3) is 33.3 Å². The van der Waals surface area contributed by atoms with E-state index in [9.17, 15) is 9.59 Å². The van der Waals surface area contributed by atoms with Gasteiger partial charge < -0.3 is 10.6 Å². The highest BCUT2D eigenvalue weighted by Crippen LogP contribution is 2.27. The topological polar surface area (TPSA) is 176 Å². The summed E-state index contributed by atoms with van der Waals surface area (Å²) in [4.78, 5) is 27.5. The molecule has 10 aromatic rings. The zero-order valence-corrected chi connectivity index (χ0v) is 38.6. The highest BCUT2D eigenvalue weighted by molar-refractivity contribution is 6.06. The van der Waals surface area contributed by atoms with Gasteiger partial charge in [0.15, 0.2) is 11.6 Å². The van der Waals surface area contributed by atoms with Crippen LogP contribution in [-0.2, 0) is 26.9 Å². The number of hydrogen-bond acceptors (Lipinski definition) is 10. The molecule has 10 rings (SSSR count). The molecule has 6 aromatic heterocycles. The second-order valence-corrected chi connectivity index (χ2v) is 16.9. The average molecular weight is 921 g/mol. The van der Waals surface area contributed by atoms with Crippen molar-refractivity contribution < 1.29 is 9.59 Å². The molecule has 0 spiro atoms. The summed E-state index contributed by atoms with van der Waals surface area (Å²) in [6, 6.07) is 45.6. The molecule has 0 saturated heterocycles. The largest absolute Gasteiger partial charge is 0.303 e. The van der Waals surface area contributed by atoms with Crippen LogP contribution in [0, 0.1) is 22.7 Å². The van der Waals surface area contributed by atoms with E-state index < -0.39 is 12.1 Å². The van der Waals surface area contributed by atoms with Crippen molar-refractivity contribution in [3.05, 3.63) is 228 Å². The number of nitriles is 2. The van der Waals surface area contributed by atoms with E-state index in [2.05, 4.69) is 43.2 Å². The van der Waals surface area contributed by atoms with Gasteiger partial charge in [0, 0.05) is 74.2 Å². The van der Waals surface area contributed by atoms with Gasteiger partial charge in [-0.15, -0.1) is 0 Å². The molecule has 70 heavy (non-hydrogen) atoms. The number of aromatic nitrogens is 8. The van der Waals surface area contributed by atoms with Gasteiger partial charge in [-0.3, -0.25) is 19.0 Å². The molecule has 0 unspecified atom stereocenters. The van der Waals surface area contributed by atoms with E-state index in [-0.39, 0.29) is 11.6 Å². The first-order chi connectivity index (χ1) is 34.2. The lowest BCUT2D eigenvalue weighted by Crippen LogP contribution is -2.30. The van der Waals surface area contributed by atoms with Crippen LogP contribution >= 0.6 is 0 Å². The van der Waals surface area contributed by atoms with E-state index >= 15 is 0 Å². The summed E-state index contributed by atoms with van der Waals surface area (Å²) in [6.45, 7) is 1.23. The normalized spacial score (nSPS) is 11.9. The predicted molar refractivity (Wildman–Crippen MR) is 268 cm³/mol. The van der Waals surface area contributed by atoms with Crippen LogP contribution in [-0.4, -0.2) is 63.4 Å². The van der Waals surface area contributed by atoms with E-state index in [4.69, 9.17) is 10.5 Å². The minimum Gasteiger partial charge on any atom is -0.303 e. The number of pyridine rings is 2. The smallest absolute Gasteiger partial charge is 0.188 e. The van der Waals surface area contributed by atoms with Gasteiger partial charge in [0.05, 0.1) is 82.3 Å². The summed E-state index contributed by atoms with van der Waals surface area (Å²) in [6.07, 6.45) is 16.1. The first kappa shape index (κ1) is 46.0. The second kappa shape index (κ2) is 21.3. The zero-order chi connectivity index (χ0) is 48.4. The first-order valence-corrected chi connectivity index (χ1v) is 22.8. The number of benzene rings is 4. The van der Waals surface area contributed by atoms with Gasteiger partial charge in [-0.05, 0) is 71.5 Å². The second-order valence-electron chi connectivity index (χ2n) is 16.9. The molecule has 0 aliphatic heterocycles. The molecule has 14 nitrogen and oxygen atoms in total. The zero-order valence-electron chi connectivity index (χ0n) is 38.6. The number of nitrogens with zero attached hydrogens (tertiary/aromatic N) is 10. The molecule has 344 valence electrons. The van der Waals surface area contributed by atoms with Crippen LogP contribution in [0.4, 0.5) is 0 Å². The average Bonchev–Trinajstić information content (AvgIpc) is 4.24. The number of nitrogens with one attached hydrogen (secondary N) is 2. The Hall–Kier alpha value is -9.08. The molecule has 14 heteroatoms. The van der Waals surface area contributed by atoms with E-state index in [0.717, 1.165) is 68.4 Å². The maximum atomic E-state index is 13.7. The van der Waals surface area contributed by atoms with Gasteiger partial charge in [-0.1, -0.05) is 97.1 Å². The Morgan fingerprint density at radius 2 is 0.886 bits per heavy atom. The lowest BCUT2D eigenvalue weighted by atomic mass is 9.97. The fourth-order valence-corrected chi connectivity index (χ4v) is 8.37. The van der Waals surface area contributed by atoms with Crippen molar-refractivity contribution in [1.29, 1.82) is 10.5 Å². The van der Waals surface area contributed by atoms with Gasteiger partial charge in [-0.25, -0.2) is 9.03 Å². The van der Waals surface area contributed by atoms with Crippen LogP contribution < -0.4 is 10.6 Å². The van der Waals surface area contributed by atoms with Crippen LogP contribution in [0.1, 0.15) is 66.2 Å². The lowest BCUT2D eigenvalue weighted by molar-refractivity contribution is 0.0937. The molecule has 0 radical (unpaired) electrons. The molecule has 0 bridgehead atoms. The number of carbonyl (C=O) groups is 2. The number of aryl methyl sites for hydroxylation is 2. The number of hydrogen-bond donors (Lipinski definition) is 2. The van der Waals surface area contributed by atoms with Crippen LogP contribution in [0.2, 0.25) is 0 Å². The molecular weight excluding hydrogens is 873 g/mol. The summed E-state index contributed by atoms with van der Waals surface area (Å²) in [5.41, 5.74) is 11.9. The highest BCUT2D eigenvalue weighted by atomic mass is 16.1. The summed E-state index contributed by atoms with van der Waals surface area (Å²) in [7, 11) is 3.76. The maximum absolute atomic E-state index is 13.7. The molecule has 0 fully saturated rings. The molecule has 2 N–H and O–H groups in total. The number of Topliss-reactive ketones (excluding diaryl/α,β-unsaturated/α-hetero) is 2. The molecule has 0 aliphatic rings. The lowest BCUT2D eigenvalue weighted by Gasteiger charge is -2.18. The fourth-order valence-electron chi connectivity index (χ4n) is 8.37. The van der Waals surface area contributed by atoms with Crippen molar-refractivity contribution >= 4 is 22.6 Å². The molecule has 0 saturated carbocycles. The van der Waals surface area contributed by atoms with E-state index in [1.165, 1.54) is 0 Å². The monoisotopic (exact) mass is 920 g/mol. The van der Waals surface area contributed by atoms with Crippen molar-refractivity contribution in [2.24, 2.45) is 14.1 Å². The van der Waals surface area contributed by atoms with Crippen molar-refractivity contribution in [1.82, 2.24) is 49.4 Å². The maximum Gasteiger partial charge on any atom is 0.188 e. The number of ketones is 2. The minimum atomic E-state index is -0.499. The Morgan fingerprint density at radius 1 is 0.486 bits per heavy atom. The van der Waals surface area contributed by atoms with Crippen molar-refractivity contribution in [3.8, 4) is 34.4 Å². The van der Waals surface area contributed by atoms with Gasteiger partial charge in [0.1, 0.15) is 0 Å². The van der Waals surface area contributed by atoms with Crippen molar-refractivity contribution in [2.75, 3.05) is 13.1 Å². The Bertz CT molecular complexity index is 3250. The molecule has 2 atom stereocenters.